The summed E-state index contributed by atoms with van der Waals surface area (Å²) in [5.41, 5.74) is -0.148. The van der Waals surface area contributed by atoms with Gasteiger partial charge in [0.05, 0.1) is 21.5 Å². The molecule has 1 aliphatic carbocycles. The molecule has 0 saturated carbocycles. The second-order valence-corrected chi connectivity index (χ2v) is 10.0. The van der Waals surface area contributed by atoms with Crippen LogP contribution in [0.2, 0.25) is 5.02 Å². The monoisotopic (exact) mass is 434 g/mol. The molecule has 156 valence electrons. The van der Waals surface area contributed by atoms with Crippen LogP contribution in [0.5, 0.6) is 5.75 Å². The number of nitrogens with one attached hydrogen (secondary N) is 2. The molecular weight excluding hydrogens is 411 g/mol. The van der Waals surface area contributed by atoms with Crippen LogP contribution in [0.4, 0.5) is 14.9 Å². The Kier molecular flexibility index (Phi) is 6.95. The average molecular weight is 435 g/mol. The standard InChI is InChI=1S/C18H24ClFN2O5S/c1-18(2,9-10-27-3)28(25,26)16-11(19)7-8-14(15(16)23)22-17(24)21-13-6-4-5-12(13)20/h5,7-8,13,23H,4,6,9-10H2,1-3H3,(H2,21,22,24). The van der Waals surface area contributed by atoms with Gasteiger partial charge in [0.15, 0.2) is 15.6 Å². The van der Waals surface area contributed by atoms with Crippen molar-refractivity contribution in [2.45, 2.75) is 48.8 Å². The molecular formula is C18H24ClFN2O5S. The Morgan fingerprint density at radius 3 is 2.68 bits per heavy atom. The van der Waals surface area contributed by atoms with Gasteiger partial charge in [-0.05, 0) is 45.2 Å². The van der Waals surface area contributed by atoms with Gasteiger partial charge < -0.3 is 20.5 Å². The lowest BCUT2D eigenvalue weighted by molar-refractivity contribution is 0.186. The first-order valence-electron chi connectivity index (χ1n) is 8.69. The Labute approximate surface area is 168 Å². The highest BCUT2D eigenvalue weighted by atomic mass is 35.5. The first kappa shape index (κ1) is 22.4. The zero-order valence-corrected chi connectivity index (χ0v) is 17.5. The zero-order valence-electron chi connectivity index (χ0n) is 15.9. The van der Waals surface area contributed by atoms with Gasteiger partial charge in [-0.2, -0.15) is 0 Å². The van der Waals surface area contributed by atoms with Gasteiger partial charge in [0.1, 0.15) is 10.7 Å². The SMILES string of the molecule is COCCC(C)(C)S(=O)(=O)c1c(Cl)ccc(NC(=O)NC2CCC=C2F)c1O. The summed E-state index contributed by atoms with van der Waals surface area (Å²) < 4.78 is 43.4. The lowest BCUT2D eigenvalue weighted by Crippen LogP contribution is -2.37. The molecule has 0 saturated heterocycles. The number of amides is 2. The number of halogens is 2. The number of hydrogen-bond acceptors (Lipinski definition) is 5. The number of hydrogen-bond donors (Lipinski definition) is 3. The molecule has 1 aromatic rings. The highest BCUT2D eigenvalue weighted by molar-refractivity contribution is 7.93. The predicted molar refractivity (Wildman–Crippen MR) is 105 cm³/mol. The van der Waals surface area contributed by atoms with E-state index in [1.54, 1.807) is 0 Å². The Hall–Kier alpha value is -1.84. The highest BCUT2D eigenvalue weighted by Crippen LogP contribution is 2.42. The quantitative estimate of drug-likeness (QED) is 0.566. The molecule has 1 aliphatic rings. The van der Waals surface area contributed by atoms with Crippen molar-refractivity contribution in [3.8, 4) is 5.75 Å². The number of phenols is 1. The van der Waals surface area contributed by atoms with E-state index in [4.69, 9.17) is 16.3 Å². The summed E-state index contributed by atoms with van der Waals surface area (Å²) in [5, 5.41) is 15.1. The van der Waals surface area contributed by atoms with Gasteiger partial charge in [0.25, 0.3) is 0 Å². The number of benzene rings is 1. The maximum absolute atomic E-state index is 13.5. The fourth-order valence-corrected chi connectivity index (χ4v) is 4.84. The fourth-order valence-electron chi connectivity index (χ4n) is 2.79. The van der Waals surface area contributed by atoms with Gasteiger partial charge in [-0.25, -0.2) is 17.6 Å². The zero-order chi connectivity index (χ0) is 21.1. The van der Waals surface area contributed by atoms with Crippen LogP contribution in [-0.4, -0.2) is 44.1 Å². The molecule has 0 radical (unpaired) electrons. The number of rotatable bonds is 7. The minimum Gasteiger partial charge on any atom is -0.504 e. The maximum Gasteiger partial charge on any atom is 0.319 e. The molecule has 7 nitrogen and oxygen atoms in total. The van der Waals surface area contributed by atoms with Crippen LogP contribution in [0.15, 0.2) is 28.9 Å². The van der Waals surface area contributed by atoms with E-state index in [1.165, 1.54) is 39.2 Å². The van der Waals surface area contributed by atoms with E-state index in [9.17, 15) is 22.7 Å². The third-order valence-corrected chi connectivity index (χ3v) is 7.71. The first-order chi connectivity index (χ1) is 13.0. The molecule has 10 heteroatoms. The van der Waals surface area contributed by atoms with Crippen molar-refractivity contribution in [1.82, 2.24) is 5.32 Å². The summed E-state index contributed by atoms with van der Waals surface area (Å²) in [6, 6.07) is 1.03. The van der Waals surface area contributed by atoms with E-state index in [-0.39, 0.29) is 23.7 Å². The van der Waals surface area contributed by atoms with Gasteiger partial charge in [-0.1, -0.05) is 17.7 Å². The number of methoxy groups -OCH3 is 1. The lowest BCUT2D eigenvalue weighted by atomic mass is 10.1. The van der Waals surface area contributed by atoms with Crippen LogP contribution in [0.1, 0.15) is 33.1 Å². The van der Waals surface area contributed by atoms with Gasteiger partial charge in [0, 0.05) is 13.7 Å². The Bertz CT molecular complexity index is 886. The smallest absolute Gasteiger partial charge is 0.319 e. The molecule has 1 atom stereocenters. The highest BCUT2D eigenvalue weighted by Gasteiger charge is 2.39. The van der Waals surface area contributed by atoms with E-state index >= 15 is 0 Å². The van der Waals surface area contributed by atoms with Crippen LogP contribution in [-0.2, 0) is 14.6 Å². The Morgan fingerprint density at radius 2 is 2.11 bits per heavy atom. The molecule has 2 amide bonds. The molecule has 1 unspecified atom stereocenters. The summed E-state index contributed by atoms with van der Waals surface area (Å²) in [5.74, 6) is -1.10. The predicted octanol–water partition coefficient (Wildman–Crippen LogP) is 3.77. The maximum atomic E-state index is 13.5. The summed E-state index contributed by atoms with van der Waals surface area (Å²) >= 11 is 6.06. The van der Waals surface area contributed by atoms with E-state index in [1.807, 2.05) is 0 Å². The summed E-state index contributed by atoms with van der Waals surface area (Å²) in [6.07, 6.45) is 2.51. The number of carbonyl (C=O) groups excluding carboxylic acids is 1. The summed E-state index contributed by atoms with van der Waals surface area (Å²) in [4.78, 5) is 11.7. The number of ether oxygens (including phenoxy) is 1. The number of phenolic OH excluding ortho intramolecular Hbond substituents is 1. The third kappa shape index (κ3) is 4.59. The Morgan fingerprint density at radius 1 is 1.43 bits per heavy atom. The molecule has 0 spiro atoms. The van der Waals surface area contributed by atoms with Crippen molar-refractivity contribution in [1.29, 1.82) is 0 Å². The molecule has 1 aromatic carbocycles. The van der Waals surface area contributed by atoms with Gasteiger partial charge in [-0.15, -0.1) is 0 Å². The number of anilines is 1. The fraction of sp³-hybridized carbons (Fsp3) is 0.500. The Balaban J connectivity index is 2.30. The van der Waals surface area contributed by atoms with E-state index < -0.39 is 43.1 Å². The summed E-state index contributed by atoms with van der Waals surface area (Å²) in [7, 11) is -2.61. The van der Waals surface area contributed by atoms with Crippen molar-refractivity contribution in [2.24, 2.45) is 0 Å². The van der Waals surface area contributed by atoms with Gasteiger partial charge in [-0.3, -0.25) is 0 Å². The normalized spacial score (nSPS) is 17.3. The van der Waals surface area contributed by atoms with Crippen molar-refractivity contribution >= 4 is 33.2 Å². The van der Waals surface area contributed by atoms with Crippen LogP contribution >= 0.6 is 11.6 Å². The van der Waals surface area contributed by atoms with Crippen molar-refractivity contribution < 1.29 is 27.4 Å². The van der Waals surface area contributed by atoms with Crippen molar-refractivity contribution in [3.05, 3.63) is 29.1 Å². The van der Waals surface area contributed by atoms with Crippen LogP contribution in [0, 0.1) is 0 Å². The second kappa shape index (κ2) is 8.67. The molecule has 0 fully saturated rings. The van der Waals surface area contributed by atoms with Crippen LogP contribution in [0.25, 0.3) is 0 Å². The first-order valence-corrected chi connectivity index (χ1v) is 10.6. The molecule has 28 heavy (non-hydrogen) atoms. The number of carbonyl (C=O) groups is 1. The minimum absolute atomic E-state index is 0.148. The topological polar surface area (TPSA) is 105 Å². The lowest BCUT2D eigenvalue weighted by Gasteiger charge is -2.26. The number of allylic oxidation sites excluding steroid dienone is 1. The number of sulfone groups is 1. The van der Waals surface area contributed by atoms with Crippen LogP contribution in [0.3, 0.4) is 0 Å². The molecule has 0 heterocycles. The third-order valence-electron chi connectivity index (χ3n) is 4.67. The average Bonchev–Trinajstić information content (AvgIpc) is 3.00. The number of urea groups is 1. The molecule has 0 bridgehead atoms. The van der Waals surface area contributed by atoms with E-state index in [2.05, 4.69) is 10.6 Å². The van der Waals surface area contributed by atoms with Crippen molar-refractivity contribution in [2.75, 3.05) is 19.0 Å². The number of aromatic hydroxyl groups is 1. The molecule has 0 aliphatic heterocycles. The van der Waals surface area contributed by atoms with Gasteiger partial charge >= 0.3 is 6.03 Å². The van der Waals surface area contributed by atoms with E-state index in [0.29, 0.717) is 12.8 Å². The van der Waals surface area contributed by atoms with Crippen LogP contribution < -0.4 is 10.6 Å². The van der Waals surface area contributed by atoms with Crippen molar-refractivity contribution in [3.63, 3.8) is 0 Å². The van der Waals surface area contributed by atoms with Gasteiger partial charge in [0.2, 0.25) is 0 Å². The largest absolute Gasteiger partial charge is 0.504 e. The molecule has 3 N–H and O–H groups in total. The molecule has 0 aromatic heterocycles. The molecule has 2 rings (SSSR count). The minimum atomic E-state index is -4.06. The summed E-state index contributed by atoms with van der Waals surface area (Å²) in [6.45, 7) is 3.20. The van der Waals surface area contributed by atoms with E-state index in [0.717, 1.165) is 0 Å². The second-order valence-electron chi connectivity index (χ2n) is 7.10.